The molecule has 2 aliphatic heterocycles. The molecule has 72 heavy (non-hydrogen) atoms. The van der Waals surface area contributed by atoms with Crippen LogP contribution in [-0.4, -0.2) is 140 Å². The van der Waals surface area contributed by atoms with Crippen molar-refractivity contribution >= 4 is 5.91 Å². The zero-order chi connectivity index (χ0) is 52.4. The van der Waals surface area contributed by atoms with Crippen molar-refractivity contribution in [2.75, 3.05) is 19.8 Å². The first-order valence-electron chi connectivity index (χ1n) is 30.3. The van der Waals surface area contributed by atoms with Gasteiger partial charge < -0.3 is 65.1 Å². The molecule has 0 aliphatic carbocycles. The Morgan fingerprint density at radius 1 is 0.444 bits per heavy atom. The number of hydrogen-bond acceptors (Lipinski definition) is 13. The Hall–Kier alpha value is -1.01. The van der Waals surface area contributed by atoms with Crippen molar-refractivity contribution in [1.82, 2.24) is 5.32 Å². The molecule has 1 amide bonds. The van der Waals surface area contributed by atoms with E-state index in [2.05, 4.69) is 19.2 Å². The van der Waals surface area contributed by atoms with E-state index in [1.54, 1.807) is 0 Å². The SMILES string of the molecule is CCCCCCCCCCCCCCCCCCCCCCCCCC(O)C(COC1OC(CO)C(OC2OC(CO)C(O)C(O)C2O)C(O)C1O)NC(=O)CCCCCCCCCCCCCCCCC. The van der Waals surface area contributed by atoms with Gasteiger partial charge in [0.05, 0.1) is 32.0 Å². The van der Waals surface area contributed by atoms with E-state index in [9.17, 15) is 45.6 Å². The van der Waals surface area contributed by atoms with E-state index in [0.29, 0.717) is 12.8 Å². The van der Waals surface area contributed by atoms with Crippen molar-refractivity contribution in [3.05, 3.63) is 0 Å². The normalized spacial score (nSPS) is 25.5. The number of amides is 1. The summed E-state index contributed by atoms with van der Waals surface area (Å²) in [5, 5.41) is 87.3. The topological polar surface area (TPSA) is 228 Å². The van der Waals surface area contributed by atoms with Crippen molar-refractivity contribution in [2.24, 2.45) is 0 Å². The van der Waals surface area contributed by atoms with Crippen LogP contribution in [0.15, 0.2) is 0 Å². The number of hydrogen-bond donors (Lipinski definition) is 9. The van der Waals surface area contributed by atoms with Gasteiger partial charge >= 0.3 is 0 Å². The fourth-order valence-electron chi connectivity index (χ4n) is 10.4. The molecule has 2 fully saturated rings. The third-order valence-electron chi connectivity index (χ3n) is 15.3. The minimum absolute atomic E-state index is 0.201. The van der Waals surface area contributed by atoms with Gasteiger partial charge in [-0.1, -0.05) is 251 Å². The molecule has 14 heteroatoms. The Labute approximate surface area is 438 Å². The number of aliphatic hydroxyl groups is 8. The Morgan fingerprint density at radius 3 is 1.18 bits per heavy atom. The lowest BCUT2D eigenvalue weighted by Gasteiger charge is -2.46. The highest BCUT2D eigenvalue weighted by molar-refractivity contribution is 5.76. The van der Waals surface area contributed by atoms with Gasteiger partial charge in [-0.3, -0.25) is 4.79 Å². The highest BCUT2D eigenvalue weighted by Crippen LogP contribution is 2.30. The largest absolute Gasteiger partial charge is 0.394 e. The average Bonchev–Trinajstić information content (AvgIpc) is 3.38. The lowest BCUT2D eigenvalue weighted by molar-refractivity contribution is -0.359. The smallest absolute Gasteiger partial charge is 0.220 e. The second-order valence-corrected chi connectivity index (χ2v) is 21.8. The molecule has 0 aromatic heterocycles. The fraction of sp³-hybridized carbons (Fsp3) is 0.983. The van der Waals surface area contributed by atoms with Crippen LogP contribution in [0.1, 0.15) is 271 Å². The van der Waals surface area contributed by atoms with Crippen LogP contribution >= 0.6 is 0 Å². The molecule has 428 valence electrons. The summed E-state index contributed by atoms with van der Waals surface area (Å²) in [4.78, 5) is 13.3. The first kappa shape index (κ1) is 67.1. The van der Waals surface area contributed by atoms with Gasteiger partial charge in [-0.25, -0.2) is 0 Å². The van der Waals surface area contributed by atoms with Crippen LogP contribution in [0.4, 0.5) is 0 Å². The van der Waals surface area contributed by atoms with Gasteiger partial charge in [-0.05, 0) is 12.8 Å². The molecule has 9 N–H and O–H groups in total. The molecule has 14 nitrogen and oxygen atoms in total. The minimum atomic E-state index is -1.78. The summed E-state index contributed by atoms with van der Waals surface area (Å²) in [5.74, 6) is -0.201. The zero-order valence-corrected chi connectivity index (χ0v) is 46.0. The molecule has 0 bridgehead atoms. The van der Waals surface area contributed by atoms with Crippen molar-refractivity contribution < 1.29 is 64.6 Å². The predicted molar refractivity (Wildman–Crippen MR) is 286 cm³/mol. The van der Waals surface area contributed by atoms with Crippen molar-refractivity contribution in [3.8, 4) is 0 Å². The van der Waals surface area contributed by atoms with Crippen LogP contribution in [0, 0.1) is 0 Å². The molecule has 2 aliphatic rings. The Balaban J connectivity index is 1.73. The number of carbonyl (C=O) groups excluding carboxylic acids is 1. The van der Waals surface area contributed by atoms with Gasteiger partial charge in [0, 0.05) is 6.42 Å². The third-order valence-corrected chi connectivity index (χ3v) is 15.3. The molecule has 12 unspecified atom stereocenters. The van der Waals surface area contributed by atoms with E-state index >= 15 is 0 Å². The number of aliphatic hydroxyl groups excluding tert-OH is 8. The molecule has 0 aromatic rings. The predicted octanol–water partition coefficient (Wildman–Crippen LogP) is 10.1. The van der Waals surface area contributed by atoms with Crippen molar-refractivity contribution in [2.45, 2.75) is 344 Å². The number of ether oxygens (including phenoxy) is 4. The van der Waals surface area contributed by atoms with Crippen LogP contribution in [0.2, 0.25) is 0 Å². The molecule has 0 saturated carbocycles. The van der Waals surface area contributed by atoms with Crippen LogP contribution in [-0.2, 0) is 23.7 Å². The molecule has 0 aromatic carbocycles. The molecule has 0 radical (unpaired) electrons. The lowest BCUT2D eigenvalue weighted by atomic mass is 9.97. The molecule has 2 heterocycles. The van der Waals surface area contributed by atoms with Crippen molar-refractivity contribution in [3.63, 3.8) is 0 Å². The molecule has 2 rings (SSSR count). The number of nitrogens with one attached hydrogen (secondary N) is 1. The maximum atomic E-state index is 13.3. The first-order valence-corrected chi connectivity index (χ1v) is 30.3. The summed E-state index contributed by atoms with van der Waals surface area (Å²) in [6.07, 6.45) is 32.4. The monoisotopic (exact) mass is 1030 g/mol. The van der Waals surface area contributed by atoms with Gasteiger partial charge in [0.2, 0.25) is 5.91 Å². The van der Waals surface area contributed by atoms with Crippen LogP contribution in [0.25, 0.3) is 0 Å². The number of carbonyl (C=O) groups is 1. The Bertz CT molecular complexity index is 1220. The van der Waals surface area contributed by atoms with E-state index in [-0.39, 0.29) is 12.5 Å². The highest BCUT2D eigenvalue weighted by Gasteiger charge is 2.51. The van der Waals surface area contributed by atoms with E-state index in [4.69, 9.17) is 18.9 Å². The van der Waals surface area contributed by atoms with Gasteiger partial charge in [-0.2, -0.15) is 0 Å². The quantitative estimate of drug-likeness (QED) is 0.0259. The number of rotatable bonds is 49. The fourth-order valence-corrected chi connectivity index (χ4v) is 10.4. The summed E-state index contributed by atoms with van der Waals surface area (Å²) in [5.41, 5.74) is 0. The zero-order valence-electron chi connectivity index (χ0n) is 46.0. The van der Waals surface area contributed by atoms with E-state index in [0.717, 1.165) is 51.4 Å². The molecule has 12 atom stereocenters. The molecule has 2 saturated heterocycles. The average molecular weight is 1030 g/mol. The lowest BCUT2D eigenvalue weighted by Crippen LogP contribution is -2.65. The molecular formula is C58H113NO13. The summed E-state index contributed by atoms with van der Waals surface area (Å²) in [6.45, 7) is 2.90. The van der Waals surface area contributed by atoms with Crippen molar-refractivity contribution in [1.29, 1.82) is 0 Å². The Morgan fingerprint density at radius 2 is 0.792 bits per heavy atom. The summed E-state index contributed by atoms with van der Waals surface area (Å²) in [7, 11) is 0. The minimum Gasteiger partial charge on any atom is -0.394 e. The standard InChI is InChI=1S/C58H113NO13/c1-3-5-7-9-11-13-15-17-19-20-21-22-23-24-25-26-28-29-31-33-35-37-39-41-47(62)46(59-50(63)42-40-38-36-34-32-30-27-18-16-14-12-10-8-6-4-2)45-69-57-55(68)53(66)56(49(44-61)71-57)72-58-54(67)52(65)51(64)48(43-60)70-58/h46-49,51-58,60-62,64-68H,3-45H2,1-2H3,(H,59,63). The van der Waals surface area contributed by atoms with Gasteiger partial charge in [0.15, 0.2) is 12.6 Å². The summed E-state index contributed by atoms with van der Waals surface area (Å²) >= 11 is 0. The Kier molecular flexibility index (Phi) is 42.0. The van der Waals surface area contributed by atoms with E-state index in [1.807, 2.05) is 0 Å². The van der Waals surface area contributed by atoms with Crippen LogP contribution in [0.5, 0.6) is 0 Å². The van der Waals surface area contributed by atoms with Gasteiger partial charge in [0.1, 0.15) is 48.8 Å². The van der Waals surface area contributed by atoms with Crippen LogP contribution in [0.3, 0.4) is 0 Å². The maximum Gasteiger partial charge on any atom is 0.220 e. The second kappa shape index (κ2) is 45.1. The first-order chi connectivity index (χ1) is 35.1. The third kappa shape index (κ3) is 30.7. The molecular weight excluding hydrogens is 919 g/mol. The van der Waals surface area contributed by atoms with Gasteiger partial charge in [0.25, 0.3) is 0 Å². The second-order valence-electron chi connectivity index (χ2n) is 21.8. The highest BCUT2D eigenvalue weighted by atomic mass is 16.7. The summed E-state index contributed by atoms with van der Waals surface area (Å²) < 4.78 is 22.8. The van der Waals surface area contributed by atoms with Gasteiger partial charge in [-0.15, -0.1) is 0 Å². The van der Waals surface area contributed by atoms with Crippen LogP contribution < -0.4 is 5.32 Å². The van der Waals surface area contributed by atoms with E-state index in [1.165, 1.54) is 193 Å². The molecule has 0 spiro atoms. The maximum absolute atomic E-state index is 13.3. The summed E-state index contributed by atoms with van der Waals surface area (Å²) in [6, 6.07) is -0.822. The number of unbranched alkanes of at least 4 members (excludes halogenated alkanes) is 36. The van der Waals surface area contributed by atoms with E-state index < -0.39 is 86.8 Å².